The fourth-order valence-corrected chi connectivity index (χ4v) is 2.90. The first-order valence-electron chi connectivity index (χ1n) is 8.14. The standard InChI is InChI=1S/C18H22N4O3/c1-13-9-17-19-15(10-18(24)22(17)20-13)12-21(7-8-23)11-14-5-3-4-6-16(14)25-2/h3-6,9-10,20,23H,7-8,11-12H2,1-2H3. The number of ether oxygens (including phenoxy) is 1. The third kappa shape index (κ3) is 3.89. The molecule has 132 valence electrons. The molecule has 1 aromatic carbocycles. The maximum atomic E-state index is 12.2. The summed E-state index contributed by atoms with van der Waals surface area (Å²) in [5.41, 5.74) is 3.03. The third-order valence-electron chi connectivity index (χ3n) is 4.02. The van der Waals surface area contributed by atoms with Crippen LogP contribution in [0.15, 0.2) is 41.2 Å². The Morgan fingerprint density at radius 3 is 2.84 bits per heavy atom. The van der Waals surface area contributed by atoms with Crippen molar-refractivity contribution >= 4 is 5.65 Å². The van der Waals surface area contributed by atoms with Gasteiger partial charge >= 0.3 is 0 Å². The monoisotopic (exact) mass is 342 g/mol. The second kappa shape index (κ2) is 7.50. The molecule has 0 fully saturated rings. The lowest BCUT2D eigenvalue weighted by Crippen LogP contribution is -2.28. The molecule has 3 aromatic rings. The van der Waals surface area contributed by atoms with Gasteiger partial charge in [-0.15, -0.1) is 0 Å². The van der Waals surface area contributed by atoms with E-state index in [0.29, 0.717) is 31.0 Å². The molecule has 0 aliphatic rings. The van der Waals surface area contributed by atoms with Crippen LogP contribution in [0.2, 0.25) is 0 Å². The molecule has 0 aliphatic heterocycles. The quantitative estimate of drug-likeness (QED) is 0.677. The Balaban J connectivity index is 1.85. The Labute approximate surface area is 145 Å². The number of aryl methyl sites for hydroxylation is 1. The highest BCUT2D eigenvalue weighted by molar-refractivity contribution is 5.39. The van der Waals surface area contributed by atoms with Crippen molar-refractivity contribution in [3.05, 3.63) is 63.7 Å². The average molecular weight is 342 g/mol. The summed E-state index contributed by atoms with van der Waals surface area (Å²) in [5.74, 6) is 0.801. The zero-order valence-corrected chi connectivity index (χ0v) is 14.4. The molecular formula is C18H22N4O3. The lowest BCUT2D eigenvalue weighted by atomic mass is 10.2. The molecule has 2 heterocycles. The van der Waals surface area contributed by atoms with Gasteiger partial charge in [0.1, 0.15) is 5.75 Å². The molecule has 0 bridgehead atoms. The molecule has 0 saturated heterocycles. The van der Waals surface area contributed by atoms with Crippen molar-refractivity contribution in [3.8, 4) is 5.75 Å². The maximum Gasteiger partial charge on any atom is 0.272 e. The van der Waals surface area contributed by atoms with Gasteiger partial charge in [0, 0.05) is 43.0 Å². The van der Waals surface area contributed by atoms with Crippen LogP contribution in [0.4, 0.5) is 0 Å². The first-order valence-corrected chi connectivity index (χ1v) is 8.14. The van der Waals surface area contributed by atoms with Crippen LogP contribution in [0, 0.1) is 6.92 Å². The Kier molecular flexibility index (Phi) is 5.16. The molecule has 7 nitrogen and oxygen atoms in total. The van der Waals surface area contributed by atoms with Gasteiger partial charge in [0.25, 0.3) is 5.56 Å². The number of hydrogen-bond donors (Lipinski definition) is 2. The van der Waals surface area contributed by atoms with E-state index in [1.54, 1.807) is 7.11 Å². The number of aromatic amines is 1. The van der Waals surface area contributed by atoms with Crippen molar-refractivity contribution in [1.82, 2.24) is 19.5 Å². The minimum absolute atomic E-state index is 0.0274. The van der Waals surface area contributed by atoms with E-state index in [2.05, 4.69) is 10.1 Å². The number of nitrogens with zero attached hydrogens (tertiary/aromatic N) is 3. The van der Waals surface area contributed by atoms with Gasteiger partial charge < -0.3 is 9.84 Å². The molecular weight excluding hydrogens is 320 g/mol. The molecule has 2 N–H and O–H groups in total. The molecule has 0 atom stereocenters. The van der Waals surface area contributed by atoms with E-state index in [-0.39, 0.29) is 12.2 Å². The van der Waals surface area contributed by atoms with Crippen molar-refractivity contribution in [3.63, 3.8) is 0 Å². The smallest absolute Gasteiger partial charge is 0.272 e. The van der Waals surface area contributed by atoms with E-state index in [0.717, 1.165) is 17.0 Å². The van der Waals surface area contributed by atoms with Crippen molar-refractivity contribution in [2.24, 2.45) is 0 Å². The summed E-state index contributed by atoms with van der Waals surface area (Å²) in [6.45, 7) is 3.45. The van der Waals surface area contributed by atoms with Crippen molar-refractivity contribution in [2.75, 3.05) is 20.3 Å². The van der Waals surface area contributed by atoms with Gasteiger partial charge in [-0.05, 0) is 13.0 Å². The first kappa shape index (κ1) is 17.2. The van der Waals surface area contributed by atoms with Crippen molar-refractivity contribution in [1.29, 1.82) is 0 Å². The number of nitrogens with one attached hydrogen (secondary N) is 1. The summed E-state index contributed by atoms with van der Waals surface area (Å²) in [4.78, 5) is 18.8. The van der Waals surface area contributed by atoms with E-state index >= 15 is 0 Å². The fourth-order valence-electron chi connectivity index (χ4n) is 2.90. The summed E-state index contributed by atoms with van der Waals surface area (Å²) >= 11 is 0. The summed E-state index contributed by atoms with van der Waals surface area (Å²) in [5, 5.41) is 12.3. The Morgan fingerprint density at radius 1 is 1.28 bits per heavy atom. The third-order valence-corrected chi connectivity index (χ3v) is 4.02. The molecule has 7 heteroatoms. The van der Waals surface area contributed by atoms with Crippen molar-refractivity contribution in [2.45, 2.75) is 20.0 Å². The largest absolute Gasteiger partial charge is 0.496 e. The molecule has 25 heavy (non-hydrogen) atoms. The number of benzene rings is 1. The highest BCUT2D eigenvalue weighted by atomic mass is 16.5. The summed E-state index contributed by atoms with van der Waals surface area (Å²) in [7, 11) is 1.64. The zero-order chi connectivity index (χ0) is 17.8. The van der Waals surface area contributed by atoms with Crippen LogP contribution in [0.1, 0.15) is 17.0 Å². The normalized spacial score (nSPS) is 11.4. The van der Waals surface area contributed by atoms with Crippen LogP contribution >= 0.6 is 0 Å². The van der Waals surface area contributed by atoms with E-state index in [4.69, 9.17) is 4.74 Å². The molecule has 0 saturated carbocycles. The number of fused-ring (bicyclic) bond motifs is 1. The van der Waals surface area contributed by atoms with Gasteiger partial charge in [-0.25, -0.2) is 9.50 Å². The molecule has 0 unspecified atom stereocenters. The number of aliphatic hydroxyl groups is 1. The van der Waals surface area contributed by atoms with E-state index < -0.39 is 0 Å². The fraction of sp³-hybridized carbons (Fsp3) is 0.333. The maximum absolute atomic E-state index is 12.2. The van der Waals surface area contributed by atoms with Crippen LogP contribution in [0.5, 0.6) is 5.75 Å². The number of rotatable bonds is 7. The molecule has 2 aromatic heterocycles. The predicted octanol–water partition coefficient (Wildman–Crippen LogP) is 1.33. The van der Waals surface area contributed by atoms with E-state index in [9.17, 15) is 9.90 Å². The predicted molar refractivity (Wildman–Crippen MR) is 94.7 cm³/mol. The van der Waals surface area contributed by atoms with Crippen molar-refractivity contribution < 1.29 is 9.84 Å². The van der Waals surface area contributed by atoms with Gasteiger partial charge in [-0.2, -0.15) is 0 Å². The number of aliphatic hydroxyl groups excluding tert-OH is 1. The Bertz CT molecular complexity index is 916. The lowest BCUT2D eigenvalue weighted by Gasteiger charge is -2.22. The van der Waals surface area contributed by atoms with Gasteiger partial charge in [-0.1, -0.05) is 18.2 Å². The SMILES string of the molecule is COc1ccccc1CN(CCO)Cc1cc(=O)n2[nH]c(C)cc2n1. The average Bonchev–Trinajstić information content (AvgIpc) is 2.96. The molecule has 0 amide bonds. The summed E-state index contributed by atoms with van der Waals surface area (Å²) in [6.07, 6.45) is 0. The van der Waals surface area contributed by atoms with Crippen LogP contribution in [-0.2, 0) is 13.1 Å². The summed E-state index contributed by atoms with van der Waals surface area (Å²) < 4.78 is 6.82. The Hall–Kier alpha value is -2.64. The number of hydrogen-bond acceptors (Lipinski definition) is 5. The minimum atomic E-state index is -0.144. The Morgan fingerprint density at radius 2 is 2.08 bits per heavy atom. The van der Waals surface area contributed by atoms with E-state index in [1.807, 2.05) is 42.2 Å². The highest BCUT2D eigenvalue weighted by Gasteiger charge is 2.12. The van der Waals surface area contributed by atoms with Gasteiger partial charge in [0.2, 0.25) is 0 Å². The van der Waals surface area contributed by atoms with Gasteiger partial charge in [-0.3, -0.25) is 14.8 Å². The summed E-state index contributed by atoms with van der Waals surface area (Å²) in [6, 6.07) is 11.1. The number of aromatic nitrogens is 3. The molecule has 3 rings (SSSR count). The van der Waals surface area contributed by atoms with E-state index in [1.165, 1.54) is 10.6 Å². The van der Waals surface area contributed by atoms with Crippen LogP contribution in [-0.4, -0.2) is 44.9 Å². The zero-order valence-electron chi connectivity index (χ0n) is 14.4. The van der Waals surface area contributed by atoms with Crippen LogP contribution in [0.3, 0.4) is 0 Å². The lowest BCUT2D eigenvalue weighted by molar-refractivity contribution is 0.181. The first-order chi connectivity index (χ1) is 12.1. The second-order valence-electron chi connectivity index (χ2n) is 5.96. The van der Waals surface area contributed by atoms with Crippen LogP contribution in [0.25, 0.3) is 5.65 Å². The molecule has 0 radical (unpaired) electrons. The highest BCUT2D eigenvalue weighted by Crippen LogP contribution is 2.20. The second-order valence-corrected chi connectivity index (χ2v) is 5.96. The molecule has 0 spiro atoms. The molecule has 0 aliphatic carbocycles. The number of H-pyrrole nitrogens is 1. The number of methoxy groups -OCH3 is 1. The van der Waals surface area contributed by atoms with Crippen LogP contribution < -0.4 is 10.3 Å². The topological polar surface area (TPSA) is 82.9 Å². The minimum Gasteiger partial charge on any atom is -0.496 e. The van der Waals surface area contributed by atoms with Gasteiger partial charge in [0.05, 0.1) is 19.4 Å². The number of para-hydroxylation sites is 1. The van der Waals surface area contributed by atoms with Gasteiger partial charge in [0.15, 0.2) is 5.65 Å².